The highest BCUT2D eigenvalue weighted by Crippen LogP contribution is 2.36. The first kappa shape index (κ1) is 10.2. The molecule has 0 aromatic carbocycles. The maximum absolute atomic E-state index is 6.11. The van der Waals surface area contributed by atoms with Gasteiger partial charge in [-0.2, -0.15) is 0 Å². The molecule has 0 fully saturated rings. The number of nitrogens with two attached hydrogens (primary N) is 1. The normalized spacial score (nSPS) is 27.5. The minimum absolute atomic E-state index is 0.199. The van der Waals surface area contributed by atoms with Crippen LogP contribution in [0.3, 0.4) is 0 Å². The van der Waals surface area contributed by atoms with Gasteiger partial charge in [0.2, 0.25) is 0 Å². The lowest BCUT2D eigenvalue weighted by atomic mass is 9.85. The van der Waals surface area contributed by atoms with Crippen molar-refractivity contribution in [3.05, 3.63) is 27.4 Å². The van der Waals surface area contributed by atoms with Crippen molar-refractivity contribution < 1.29 is 0 Å². The number of halogens is 1. The van der Waals surface area contributed by atoms with E-state index in [9.17, 15) is 0 Å². The van der Waals surface area contributed by atoms with Crippen molar-refractivity contribution in [1.82, 2.24) is 0 Å². The predicted molar refractivity (Wildman–Crippen MR) is 63.7 cm³/mol. The molecule has 1 heterocycles. The number of thiophene rings is 1. The minimum atomic E-state index is 0.199. The lowest BCUT2D eigenvalue weighted by Crippen LogP contribution is -2.24. The maximum Gasteiger partial charge on any atom is 0.100 e. The van der Waals surface area contributed by atoms with Crippen LogP contribution in [0.5, 0.6) is 0 Å². The lowest BCUT2D eigenvalue weighted by molar-refractivity contribution is 0.496. The van der Waals surface area contributed by atoms with Gasteiger partial charge in [-0.05, 0) is 35.8 Å². The summed E-state index contributed by atoms with van der Waals surface area (Å²) in [4.78, 5) is 0. The highest BCUT2D eigenvalue weighted by molar-refractivity contribution is 7.14. The van der Waals surface area contributed by atoms with E-state index in [1.807, 2.05) is 5.38 Å². The Hall–Kier alpha value is -0.310. The number of hydrogen-bond donors (Lipinski definition) is 1. The zero-order chi connectivity index (χ0) is 10.1. The first-order valence-corrected chi connectivity index (χ1v) is 6.12. The molecule has 1 aliphatic carbocycles. The fraction of sp³-hybridized carbons (Fsp3) is 0.455. The molecule has 0 spiro atoms. The molecular weight excluding hydrogens is 214 g/mol. The minimum Gasteiger partial charge on any atom is -0.324 e. The van der Waals surface area contributed by atoms with Crippen LogP contribution in [0.2, 0.25) is 4.34 Å². The topological polar surface area (TPSA) is 26.0 Å². The van der Waals surface area contributed by atoms with Crippen LogP contribution in [-0.4, -0.2) is 6.04 Å². The molecule has 0 aliphatic heterocycles. The second-order valence-corrected chi connectivity index (χ2v) is 5.53. The Kier molecular flexibility index (Phi) is 2.96. The monoisotopic (exact) mass is 227 g/mol. The molecule has 2 atom stereocenters. The summed E-state index contributed by atoms with van der Waals surface area (Å²) in [5, 5.41) is 2.03. The summed E-state index contributed by atoms with van der Waals surface area (Å²) in [5.74, 6) is 0.668. The first-order valence-electron chi connectivity index (χ1n) is 4.86. The molecule has 2 N–H and O–H groups in total. The Balaban J connectivity index is 2.30. The van der Waals surface area contributed by atoms with Gasteiger partial charge in [-0.15, -0.1) is 11.3 Å². The van der Waals surface area contributed by atoms with E-state index < -0.39 is 0 Å². The molecule has 0 bridgehead atoms. The molecule has 1 nitrogen and oxygen atoms in total. The van der Waals surface area contributed by atoms with E-state index in [1.165, 1.54) is 11.1 Å². The van der Waals surface area contributed by atoms with Gasteiger partial charge in [-0.1, -0.05) is 24.6 Å². The summed E-state index contributed by atoms with van der Waals surface area (Å²) in [7, 11) is 0. The third-order valence-corrected chi connectivity index (χ3v) is 3.79. The molecule has 1 aromatic rings. The Bertz CT molecular complexity index is 356. The van der Waals surface area contributed by atoms with Crippen LogP contribution in [-0.2, 0) is 0 Å². The van der Waals surface area contributed by atoms with E-state index in [1.54, 1.807) is 11.3 Å². The average molecular weight is 228 g/mol. The van der Waals surface area contributed by atoms with Crippen molar-refractivity contribution in [1.29, 1.82) is 0 Å². The highest BCUT2D eigenvalue weighted by atomic mass is 35.5. The summed E-state index contributed by atoms with van der Waals surface area (Å²) in [6, 6.07) is 2.29. The van der Waals surface area contributed by atoms with Crippen LogP contribution >= 0.6 is 22.9 Å². The predicted octanol–water partition coefficient (Wildman–Crippen LogP) is 3.54. The summed E-state index contributed by atoms with van der Waals surface area (Å²) >= 11 is 7.69. The molecule has 0 amide bonds. The molecular formula is C11H14ClNS. The second kappa shape index (κ2) is 4.05. The molecule has 3 heteroatoms. The molecule has 0 saturated heterocycles. The highest BCUT2D eigenvalue weighted by Gasteiger charge is 2.19. The van der Waals surface area contributed by atoms with Crippen molar-refractivity contribution in [2.75, 3.05) is 0 Å². The molecule has 76 valence electrons. The number of rotatable bonds is 1. The van der Waals surface area contributed by atoms with Crippen LogP contribution in [0.15, 0.2) is 17.5 Å². The third kappa shape index (κ3) is 2.02. The van der Waals surface area contributed by atoms with Crippen LogP contribution in [0.4, 0.5) is 0 Å². The van der Waals surface area contributed by atoms with Gasteiger partial charge in [0.15, 0.2) is 0 Å². The number of allylic oxidation sites excluding steroid dienone is 1. The van der Waals surface area contributed by atoms with Crippen molar-refractivity contribution in [2.45, 2.75) is 25.8 Å². The van der Waals surface area contributed by atoms with E-state index in [4.69, 9.17) is 17.3 Å². The molecule has 14 heavy (non-hydrogen) atoms. The second-order valence-electron chi connectivity index (χ2n) is 4.01. The Morgan fingerprint density at radius 2 is 2.36 bits per heavy atom. The summed E-state index contributed by atoms with van der Waals surface area (Å²) in [6.07, 6.45) is 4.35. The third-order valence-electron chi connectivity index (χ3n) is 2.62. The zero-order valence-corrected chi connectivity index (χ0v) is 9.74. The van der Waals surface area contributed by atoms with Gasteiger partial charge in [0.05, 0.1) is 0 Å². The molecule has 1 aromatic heterocycles. The lowest BCUT2D eigenvalue weighted by Gasteiger charge is -2.23. The molecule has 2 rings (SSSR count). The largest absolute Gasteiger partial charge is 0.324 e. The van der Waals surface area contributed by atoms with E-state index in [0.29, 0.717) is 5.92 Å². The standard InChI is InChI=1S/C11H14ClNS/c1-7-4-8(6-9(13)5-7)10-2-3-14-11(10)12/h2-3,6-7,9H,4-5,13H2,1H3. The fourth-order valence-electron chi connectivity index (χ4n) is 2.04. The van der Waals surface area contributed by atoms with E-state index >= 15 is 0 Å². The van der Waals surface area contributed by atoms with Gasteiger partial charge in [0.25, 0.3) is 0 Å². The SMILES string of the molecule is CC1CC(c2ccsc2Cl)=CC(N)C1. The van der Waals surface area contributed by atoms with Crippen molar-refractivity contribution >= 4 is 28.5 Å². The Morgan fingerprint density at radius 1 is 1.57 bits per heavy atom. The van der Waals surface area contributed by atoms with Crippen LogP contribution in [0.1, 0.15) is 25.3 Å². The Labute approximate surface area is 93.6 Å². The van der Waals surface area contributed by atoms with Gasteiger partial charge in [0, 0.05) is 11.6 Å². The summed E-state index contributed by atoms with van der Waals surface area (Å²) < 4.78 is 0.887. The zero-order valence-electron chi connectivity index (χ0n) is 8.16. The fourth-order valence-corrected chi connectivity index (χ4v) is 3.03. The van der Waals surface area contributed by atoms with E-state index in [0.717, 1.165) is 17.2 Å². The number of hydrogen-bond acceptors (Lipinski definition) is 2. The van der Waals surface area contributed by atoms with Gasteiger partial charge in [0.1, 0.15) is 4.34 Å². The average Bonchev–Trinajstić information content (AvgIpc) is 2.49. The Morgan fingerprint density at radius 3 is 2.93 bits per heavy atom. The van der Waals surface area contributed by atoms with Crippen molar-refractivity contribution in [3.8, 4) is 0 Å². The van der Waals surface area contributed by atoms with Crippen molar-refractivity contribution in [3.63, 3.8) is 0 Å². The van der Waals surface area contributed by atoms with Gasteiger partial charge < -0.3 is 5.73 Å². The van der Waals surface area contributed by atoms with Gasteiger partial charge in [-0.25, -0.2) is 0 Å². The van der Waals surface area contributed by atoms with Crippen LogP contribution in [0.25, 0.3) is 5.57 Å². The van der Waals surface area contributed by atoms with Crippen LogP contribution in [0, 0.1) is 5.92 Å². The quantitative estimate of drug-likeness (QED) is 0.781. The molecule has 2 unspecified atom stereocenters. The van der Waals surface area contributed by atoms with E-state index in [2.05, 4.69) is 19.1 Å². The summed E-state index contributed by atoms with van der Waals surface area (Å²) in [6.45, 7) is 2.24. The van der Waals surface area contributed by atoms with Crippen molar-refractivity contribution in [2.24, 2.45) is 11.7 Å². The smallest absolute Gasteiger partial charge is 0.100 e. The van der Waals surface area contributed by atoms with Crippen LogP contribution < -0.4 is 5.73 Å². The molecule has 0 radical (unpaired) electrons. The first-order chi connectivity index (χ1) is 6.66. The maximum atomic E-state index is 6.11. The summed E-state index contributed by atoms with van der Waals surface area (Å²) in [5.41, 5.74) is 8.46. The molecule has 1 aliphatic rings. The van der Waals surface area contributed by atoms with E-state index in [-0.39, 0.29) is 6.04 Å². The van der Waals surface area contributed by atoms with Gasteiger partial charge in [-0.3, -0.25) is 0 Å². The molecule has 0 saturated carbocycles. The van der Waals surface area contributed by atoms with Gasteiger partial charge >= 0.3 is 0 Å².